The smallest absolute Gasteiger partial charge is 0.287 e. The molecule has 27 heavy (non-hydrogen) atoms. The maximum Gasteiger partial charge on any atom is 0.287 e. The first-order chi connectivity index (χ1) is 13.1. The van der Waals surface area contributed by atoms with Gasteiger partial charge >= 0.3 is 0 Å². The average Bonchev–Trinajstić information content (AvgIpc) is 3.18. The molecule has 0 bridgehead atoms. The van der Waals surface area contributed by atoms with Crippen molar-refractivity contribution in [2.24, 2.45) is 5.73 Å². The van der Waals surface area contributed by atoms with E-state index in [-0.39, 0.29) is 17.9 Å². The van der Waals surface area contributed by atoms with Crippen LogP contribution >= 0.6 is 0 Å². The van der Waals surface area contributed by atoms with E-state index in [9.17, 15) is 14.4 Å². The summed E-state index contributed by atoms with van der Waals surface area (Å²) < 4.78 is 1.46. The highest BCUT2D eigenvalue weighted by atomic mass is 16.2. The number of carbonyl (C=O) groups is 3. The van der Waals surface area contributed by atoms with E-state index in [0.717, 1.165) is 0 Å². The first kappa shape index (κ1) is 17.9. The van der Waals surface area contributed by atoms with Crippen molar-refractivity contribution in [2.45, 2.75) is 12.5 Å². The summed E-state index contributed by atoms with van der Waals surface area (Å²) in [6.45, 7) is 0. The lowest BCUT2D eigenvalue weighted by Crippen LogP contribution is -2.48. The van der Waals surface area contributed by atoms with Gasteiger partial charge in [0, 0.05) is 25.0 Å². The van der Waals surface area contributed by atoms with Gasteiger partial charge in [0.1, 0.15) is 29.7 Å². The monoisotopic (exact) mass is 365 g/mol. The summed E-state index contributed by atoms with van der Waals surface area (Å²) >= 11 is 0. The molecule has 136 valence electrons. The summed E-state index contributed by atoms with van der Waals surface area (Å²) in [5.74, 6) is -1.96. The first-order valence-corrected chi connectivity index (χ1v) is 7.90. The van der Waals surface area contributed by atoms with E-state index in [1.54, 1.807) is 30.5 Å². The predicted octanol–water partition coefficient (Wildman–Crippen LogP) is -0.547. The maximum absolute atomic E-state index is 12.7. The second-order valence-corrected chi connectivity index (χ2v) is 5.46. The van der Waals surface area contributed by atoms with Crippen LogP contribution < -0.4 is 11.1 Å². The number of amides is 2. The van der Waals surface area contributed by atoms with Gasteiger partial charge in [-0.1, -0.05) is 6.07 Å². The van der Waals surface area contributed by atoms with Crippen LogP contribution in [-0.4, -0.2) is 48.1 Å². The lowest BCUT2D eigenvalue weighted by molar-refractivity contribution is -0.137. The molecular weight excluding hydrogens is 350 g/mol. The molecule has 3 heterocycles. The number of primary amides is 1. The van der Waals surface area contributed by atoms with Crippen LogP contribution in [0.2, 0.25) is 0 Å². The Bertz CT molecular complexity index is 957. The van der Waals surface area contributed by atoms with Crippen LogP contribution in [0.15, 0.2) is 55.4 Å². The standard InChI is InChI=1S/C17H15N7O3/c18-16(26)15(25)11(8-13-20-6-3-7-21-13)23-17(27)12-9-19-10-24(12)14-4-1-2-5-22-14/h1-7,9-11H,8H2,(H2,18,26)(H,23,27). The number of nitrogens with two attached hydrogens (primary N) is 1. The third kappa shape index (κ3) is 4.18. The summed E-state index contributed by atoms with van der Waals surface area (Å²) in [4.78, 5) is 52.3. The number of aromatic nitrogens is 5. The molecule has 3 rings (SSSR count). The highest BCUT2D eigenvalue weighted by Gasteiger charge is 2.28. The molecule has 0 aliphatic carbocycles. The Morgan fingerprint density at radius 3 is 2.48 bits per heavy atom. The van der Waals surface area contributed by atoms with Gasteiger partial charge in [-0.15, -0.1) is 0 Å². The molecule has 0 aromatic carbocycles. The topological polar surface area (TPSA) is 146 Å². The first-order valence-electron chi connectivity index (χ1n) is 7.90. The van der Waals surface area contributed by atoms with Gasteiger partial charge in [0.2, 0.25) is 5.78 Å². The van der Waals surface area contributed by atoms with Gasteiger partial charge in [-0.25, -0.2) is 19.9 Å². The normalized spacial score (nSPS) is 11.6. The second kappa shape index (κ2) is 7.95. The number of hydrogen-bond acceptors (Lipinski definition) is 7. The number of Topliss-reactive ketones (excluding diaryl/α,β-unsaturated/α-hetero) is 1. The average molecular weight is 365 g/mol. The maximum atomic E-state index is 12.7. The van der Waals surface area contributed by atoms with Crippen molar-refractivity contribution in [2.75, 3.05) is 0 Å². The molecule has 0 spiro atoms. The molecule has 3 N–H and O–H groups in total. The van der Waals surface area contributed by atoms with Crippen LogP contribution in [-0.2, 0) is 16.0 Å². The van der Waals surface area contributed by atoms with E-state index in [1.165, 1.54) is 29.5 Å². The van der Waals surface area contributed by atoms with Crippen molar-refractivity contribution >= 4 is 17.6 Å². The quantitative estimate of drug-likeness (QED) is 0.534. The van der Waals surface area contributed by atoms with Crippen molar-refractivity contribution in [3.63, 3.8) is 0 Å². The fourth-order valence-corrected chi connectivity index (χ4v) is 2.37. The molecule has 10 heteroatoms. The Labute approximate surface area is 153 Å². The molecule has 0 saturated carbocycles. The van der Waals surface area contributed by atoms with Crippen LogP contribution in [0, 0.1) is 0 Å². The third-order valence-corrected chi connectivity index (χ3v) is 3.64. The summed E-state index contributed by atoms with van der Waals surface area (Å²) in [5.41, 5.74) is 5.24. The van der Waals surface area contributed by atoms with E-state index in [1.807, 2.05) is 0 Å². The fraction of sp³-hybridized carbons (Fsp3) is 0.118. The van der Waals surface area contributed by atoms with Crippen LogP contribution in [0.3, 0.4) is 0 Å². The number of hydrogen-bond donors (Lipinski definition) is 2. The van der Waals surface area contributed by atoms with Gasteiger partial charge in [0.15, 0.2) is 0 Å². The summed E-state index contributed by atoms with van der Waals surface area (Å²) in [5, 5.41) is 2.50. The van der Waals surface area contributed by atoms with Crippen molar-refractivity contribution in [1.29, 1.82) is 0 Å². The zero-order valence-corrected chi connectivity index (χ0v) is 14.0. The zero-order chi connectivity index (χ0) is 19.2. The van der Waals surface area contributed by atoms with Crippen LogP contribution in [0.5, 0.6) is 0 Å². The van der Waals surface area contributed by atoms with E-state index in [0.29, 0.717) is 5.82 Å². The van der Waals surface area contributed by atoms with Gasteiger partial charge in [-0.3, -0.25) is 19.0 Å². The number of imidazole rings is 1. The molecule has 3 aromatic heterocycles. The lowest BCUT2D eigenvalue weighted by atomic mass is 10.1. The van der Waals surface area contributed by atoms with Gasteiger partial charge in [-0.05, 0) is 18.2 Å². The van der Waals surface area contributed by atoms with Gasteiger partial charge in [0.25, 0.3) is 11.8 Å². The van der Waals surface area contributed by atoms with E-state index >= 15 is 0 Å². The molecule has 0 fully saturated rings. The Hall–Kier alpha value is -3.95. The number of pyridine rings is 1. The minimum Gasteiger partial charge on any atom is -0.363 e. The minimum absolute atomic E-state index is 0.0773. The van der Waals surface area contributed by atoms with E-state index in [4.69, 9.17) is 5.73 Å². The Morgan fingerprint density at radius 1 is 1.07 bits per heavy atom. The fourth-order valence-electron chi connectivity index (χ4n) is 2.37. The molecule has 0 radical (unpaired) electrons. The molecule has 0 aliphatic heterocycles. The number of ketones is 1. The predicted molar refractivity (Wildman–Crippen MR) is 92.6 cm³/mol. The molecule has 2 amide bonds. The third-order valence-electron chi connectivity index (χ3n) is 3.64. The minimum atomic E-state index is -1.20. The molecule has 10 nitrogen and oxygen atoms in total. The van der Waals surface area contributed by atoms with E-state index < -0.39 is 23.6 Å². The Morgan fingerprint density at radius 2 is 1.81 bits per heavy atom. The Kier molecular flexibility index (Phi) is 5.26. The van der Waals surface area contributed by atoms with Crippen LogP contribution in [0.25, 0.3) is 5.82 Å². The van der Waals surface area contributed by atoms with Crippen molar-refractivity contribution in [3.05, 3.63) is 66.9 Å². The zero-order valence-electron chi connectivity index (χ0n) is 14.0. The summed E-state index contributed by atoms with van der Waals surface area (Å²) in [7, 11) is 0. The second-order valence-electron chi connectivity index (χ2n) is 5.46. The molecule has 3 aromatic rings. The van der Waals surface area contributed by atoms with Crippen molar-refractivity contribution in [3.8, 4) is 5.82 Å². The van der Waals surface area contributed by atoms with Crippen molar-refractivity contribution < 1.29 is 14.4 Å². The molecule has 0 saturated heterocycles. The highest BCUT2D eigenvalue weighted by Crippen LogP contribution is 2.09. The van der Waals surface area contributed by atoms with Crippen LogP contribution in [0.4, 0.5) is 0 Å². The summed E-state index contributed by atoms with van der Waals surface area (Å²) in [6, 6.07) is 5.60. The molecule has 1 atom stereocenters. The van der Waals surface area contributed by atoms with Crippen molar-refractivity contribution in [1.82, 2.24) is 29.8 Å². The number of carbonyl (C=O) groups excluding carboxylic acids is 3. The van der Waals surface area contributed by atoms with Gasteiger partial charge < -0.3 is 11.1 Å². The van der Waals surface area contributed by atoms with Gasteiger partial charge in [-0.2, -0.15) is 0 Å². The van der Waals surface area contributed by atoms with Gasteiger partial charge in [0.05, 0.1) is 6.20 Å². The molecule has 0 aliphatic rings. The largest absolute Gasteiger partial charge is 0.363 e. The Balaban J connectivity index is 1.84. The molecule has 1 unspecified atom stereocenters. The summed E-state index contributed by atoms with van der Waals surface area (Å²) in [6.07, 6.45) is 7.23. The number of nitrogens with one attached hydrogen (secondary N) is 1. The number of rotatable bonds is 7. The lowest BCUT2D eigenvalue weighted by Gasteiger charge is -2.16. The van der Waals surface area contributed by atoms with Crippen LogP contribution in [0.1, 0.15) is 16.3 Å². The highest BCUT2D eigenvalue weighted by molar-refractivity contribution is 6.38. The molecular formula is C17H15N7O3. The van der Waals surface area contributed by atoms with E-state index in [2.05, 4.69) is 25.3 Å². The number of nitrogens with zero attached hydrogens (tertiary/aromatic N) is 5. The SMILES string of the molecule is NC(=O)C(=O)C(Cc1ncccn1)NC(=O)c1cncn1-c1ccccn1.